The van der Waals surface area contributed by atoms with E-state index in [1.807, 2.05) is 6.92 Å². The SMILES string of the molecule is CCCCNC(=O)[C@@H]1CC[C@H](C)N(Cc2nc([C@H](C)OC)no2)C1. The van der Waals surface area contributed by atoms with Gasteiger partial charge < -0.3 is 14.6 Å². The van der Waals surface area contributed by atoms with Gasteiger partial charge in [-0.15, -0.1) is 0 Å². The van der Waals surface area contributed by atoms with Crippen molar-refractivity contribution in [3.8, 4) is 0 Å². The molecule has 0 unspecified atom stereocenters. The van der Waals surface area contributed by atoms with Gasteiger partial charge in [0.05, 0.1) is 12.5 Å². The first-order chi connectivity index (χ1) is 11.5. The van der Waals surface area contributed by atoms with Crippen molar-refractivity contribution < 1.29 is 14.1 Å². The van der Waals surface area contributed by atoms with Crippen molar-refractivity contribution in [1.29, 1.82) is 0 Å². The molecule has 0 saturated carbocycles. The summed E-state index contributed by atoms with van der Waals surface area (Å²) in [6.45, 7) is 8.26. The Hall–Kier alpha value is -1.47. The van der Waals surface area contributed by atoms with Crippen LogP contribution in [-0.4, -0.2) is 47.2 Å². The molecule has 24 heavy (non-hydrogen) atoms. The molecule has 0 aromatic carbocycles. The van der Waals surface area contributed by atoms with Crippen molar-refractivity contribution in [2.45, 2.75) is 65.1 Å². The molecule has 0 spiro atoms. The number of methoxy groups -OCH3 is 1. The van der Waals surface area contributed by atoms with Gasteiger partial charge in [0, 0.05) is 26.2 Å². The normalized spacial score (nSPS) is 23.2. The molecule has 1 amide bonds. The van der Waals surface area contributed by atoms with Crippen molar-refractivity contribution in [1.82, 2.24) is 20.4 Å². The van der Waals surface area contributed by atoms with Crippen LogP contribution in [0.5, 0.6) is 0 Å². The molecule has 1 N–H and O–H groups in total. The Balaban J connectivity index is 1.91. The highest BCUT2D eigenvalue weighted by molar-refractivity contribution is 5.78. The molecule has 136 valence electrons. The van der Waals surface area contributed by atoms with Crippen LogP contribution >= 0.6 is 0 Å². The van der Waals surface area contributed by atoms with E-state index < -0.39 is 0 Å². The second-order valence-electron chi connectivity index (χ2n) is 6.62. The van der Waals surface area contributed by atoms with Crippen LogP contribution in [0.1, 0.15) is 64.3 Å². The number of piperidine rings is 1. The van der Waals surface area contributed by atoms with Gasteiger partial charge >= 0.3 is 0 Å². The lowest BCUT2D eigenvalue weighted by molar-refractivity contribution is -0.127. The zero-order valence-electron chi connectivity index (χ0n) is 15.2. The van der Waals surface area contributed by atoms with Crippen LogP contribution in [0.15, 0.2) is 4.52 Å². The first-order valence-electron chi connectivity index (χ1n) is 8.92. The van der Waals surface area contributed by atoms with Crippen LogP contribution in [0.2, 0.25) is 0 Å². The quantitative estimate of drug-likeness (QED) is 0.733. The molecular formula is C17H30N4O3. The van der Waals surface area contributed by atoms with E-state index in [4.69, 9.17) is 9.26 Å². The predicted octanol–water partition coefficient (Wildman–Crippen LogP) is 2.29. The van der Waals surface area contributed by atoms with Gasteiger partial charge in [0.2, 0.25) is 11.8 Å². The fourth-order valence-corrected chi connectivity index (χ4v) is 2.92. The molecule has 0 bridgehead atoms. The van der Waals surface area contributed by atoms with Crippen LogP contribution < -0.4 is 5.32 Å². The number of carbonyl (C=O) groups is 1. The monoisotopic (exact) mass is 338 g/mol. The molecular weight excluding hydrogens is 308 g/mol. The van der Waals surface area contributed by atoms with Gasteiger partial charge in [0.15, 0.2) is 5.82 Å². The molecule has 1 aliphatic heterocycles. The van der Waals surface area contributed by atoms with E-state index in [2.05, 4.69) is 34.2 Å². The zero-order valence-corrected chi connectivity index (χ0v) is 15.2. The van der Waals surface area contributed by atoms with Crippen molar-refractivity contribution in [2.75, 3.05) is 20.2 Å². The number of unbranched alkanes of at least 4 members (excludes halogenated alkanes) is 1. The Labute approximate surface area is 144 Å². The molecule has 1 aromatic heterocycles. The van der Waals surface area contributed by atoms with E-state index in [0.717, 1.165) is 38.8 Å². The fourth-order valence-electron chi connectivity index (χ4n) is 2.92. The van der Waals surface area contributed by atoms with Gasteiger partial charge in [0.25, 0.3) is 0 Å². The van der Waals surface area contributed by atoms with Crippen LogP contribution in [-0.2, 0) is 16.1 Å². The molecule has 2 rings (SSSR count). The number of rotatable bonds is 8. The molecule has 7 heteroatoms. The highest BCUT2D eigenvalue weighted by Crippen LogP contribution is 2.24. The third kappa shape index (κ3) is 5.01. The molecule has 1 fully saturated rings. The van der Waals surface area contributed by atoms with E-state index in [1.54, 1.807) is 7.11 Å². The van der Waals surface area contributed by atoms with E-state index >= 15 is 0 Å². The zero-order chi connectivity index (χ0) is 17.5. The minimum Gasteiger partial charge on any atom is -0.374 e. The van der Waals surface area contributed by atoms with Gasteiger partial charge in [-0.05, 0) is 33.1 Å². The Bertz CT molecular complexity index is 520. The second kappa shape index (κ2) is 9.13. The molecule has 7 nitrogen and oxygen atoms in total. The topological polar surface area (TPSA) is 80.5 Å². The summed E-state index contributed by atoms with van der Waals surface area (Å²) in [4.78, 5) is 19.0. The van der Waals surface area contributed by atoms with E-state index in [1.165, 1.54) is 0 Å². The molecule has 0 radical (unpaired) electrons. The Kier molecular flexibility index (Phi) is 7.17. The van der Waals surface area contributed by atoms with Gasteiger partial charge in [-0.2, -0.15) is 4.98 Å². The Morgan fingerprint density at radius 1 is 1.50 bits per heavy atom. The summed E-state index contributed by atoms with van der Waals surface area (Å²) in [5, 5.41) is 7.01. The first kappa shape index (κ1) is 18.9. The molecule has 3 atom stereocenters. The molecule has 1 saturated heterocycles. The van der Waals surface area contributed by atoms with Crippen molar-refractivity contribution in [2.24, 2.45) is 5.92 Å². The average molecular weight is 338 g/mol. The summed E-state index contributed by atoms with van der Waals surface area (Å²) in [6.07, 6.45) is 3.87. The maximum absolute atomic E-state index is 12.3. The number of likely N-dealkylation sites (tertiary alicyclic amines) is 1. The van der Waals surface area contributed by atoms with Crippen molar-refractivity contribution in [3.05, 3.63) is 11.7 Å². The predicted molar refractivity (Wildman–Crippen MR) is 90.2 cm³/mol. The van der Waals surface area contributed by atoms with Crippen LogP contribution in [0.3, 0.4) is 0 Å². The van der Waals surface area contributed by atoms with E-state index in [9.17, 15) is 4.79 Å². The third-order valence-corrected chi connectivity index (χ3v) is 4.75. The number of hydrogen-bond donors (Lipinski definition) is 1. The lowest BCUT2D eigenvalue weighted by atomic mass is 9.92. The lowest BCUT2D eigenvalue weighted by Gasteiger charge is -2.36. The first-order valence-corrected chi connectivity index (χ1v) is 8.92. The number of hydrogen-bond acceptors (Lipinski definition) is 6. The summed E-state index contributed by atoms with van der Waals surface area (Å²) in [7, 11) is 1.62. The fraction of sp³-hybridized carbons (Fsp3) is 0.824. The summed E-state index contributed by atoms with van der Waals surface area (Å²) in [6, 6.07) is 0.403. The average Bonchev–Trinajstić information content (AvgIpc) is 3.04. The van der Waals surface area contributed by atoms with Crippen molar-refractivity contribution in [3.63, 3.8) is 0 Å². The largest absolute Gasteiger partial charge is 0.374 e. The Morgan fingerprint density at radius 2 is 2.29 bits per heavy atom. The Morgan fingerprint density at radius 3 is 3.00 bits per heavy atom. The van der Waals surface area contributed by atoms with Gasteiger partial charge in [0.1, 0.15) is 6.10 Å². The number of amides is 1. The van der Waals surface area contributed by atoms with Crippen molar-refractivity contribution >= 4 is 5.91 Å². The van der Waals surface area contributed by atoms with Gasteiger partial charge in [-0.3, -0.25) is 9.69 Å². The molecule has 1 aromatic rings. The smallest absolute Gasteiger partial charge is 0.240 e. The van der Waals surface area contributed by atoms with Gasteiger partial charge in [-0.25, -0.2) is 0 Å². The second-order valence-corrected chi connectivity index (χ2v) is 6.62. The number of nitrogens with zero attached hydrogens (tertiary/aromatic N) is 3. The minimum absolute atomic E-state index is 0.0401. The minimum atomic E-state index is -0.182. The number of carbonyl (C=O) groups excluding carboxylic acids is 1. The van der Waals surface area contributed by atoms with E-state index in [-0.39, 0.29) is 17.9 Å². The summed E-state index contributed by atoms with van der Waals surface area (Å²) in [5.74, 6) is 1.34. The molecule has 2 heterocycles. The van der Waals surface area contributed by atoms with Crippen LogP contribution in [0, 0.1) is 5.92 Å². The third-order valence-electron chi connectivity index (χ3n) is 4.75. The number of nitrogens with one attached hydrogen (secondary N) is 1. The summed E-state index contributed by atoms with van der Waals surface area (Å²) in [5.41, 5.74) is 0. The molecule has 1 aliphatic rings. The number of aromatic nitrogens is 2. The summed E-state index contributed by atoms with van der Waals surface area (Å²) >= 11 is 0. The van der Waals surface area contributed by atoms with Gasteiger partial charge in [-0.1, -0.05) is 18.5 Å². The van der Waals surface area contributed by atoms with E-state index in [0.29, 0.717) is 24.3 Å². The summed E-state index contributed by atoms with van der Waals surface area (Å²) < 4.78 is 10.5. The number of ether oxygens (including phenoxy) is 1. The van der Waals surface area contributed by atoms with Crippen LogP contribution in [0.4, 0.5) is 0 Å². The standard InChI is InChI=1S/C17H30N4O3/c1-5-6-9-18-17(22)14-8-7-12(2)21(10-14)11-15-19-16(20-24-15)13(3)23-4/h12-14H,5-11H2,1-4H3,(H,18,22)/t12-,13-,14+/m0/s1. The highest BCUT2D eigenvalue weighted by Gasteiger charge is 2.30. The lowest BCUT2D eigenvalue weighted by Crippen LogP contribution is -2.46. The molecule has 0 aliphatic carbocycles. The van der Waals surface area contributed by atoms with Crippen LogP contribution in [0.25, 0.3) is 0 Å². The maximum atomic E-state index is 12.3. The highest BCUT2D eigenvalue weighted by atomic mass is 16.5. The maximum Gasteiger partial charge on any atom is 0.240 e.